The Kier molecular flexibility index (Phi) is 2.43. The molecule has 0 fully saturated rings. The molecule has 1 rings (SSSR count). The monoisotopic (exact) mass is 165 g/mol. The highest BCUT2D eigenvalue weighted by Crippen LogP contribution is 2.16. The van der Waals surface area contributed by atoms with E-state index in [9.17, 15) is 9.59 Å². The molecule has 3 nitrogen and oxygen atoms in total. The molecule has 1 aliphatic heterocycles. The van der Waals surface area contributed by atoms with E-state index < -0.39 is 0 Å². The van der Waals surface area contributed by atoms with Gasteiger partial charge in [0.15, 0.2) is 0 Å². The van der Waals surface area contributed by atoms with Crippen molar-refractivity contribution in [3.05, 3.63) is 23.3 Å². The Morgan fingerprint density at radius 3 is 2.50 bits per heavy atom. The predicted molar refractivity (Wildman–Crippen MR) is 45.3 cm³/mol. The minimum atomic E-state index is -0.282. The summed E-state index contributed by atoms with van der Waals surface area (Å²) in [6.07, 6.45) is 4.01. The smallest absolute Gasteiger partial charge is 0.258 e. The molecule has 0 radical (unpaired) electrons. The van der Waals surface area contributed by atoms with Crippen LogP contribution < -0.4 is 5.32 Å². The number of carbonyl (C=O) groups excluding carboxylic acids is 2. The number of hydrogen-bond acceptors (Lipinski definition) is 2. The maximum absolute atomic E-state index is 11.1. The van der Waals surface area contributed by atoms with Crippen molar-refractivity contribution in [2.75, 3.05) is 0 Å². The number of amides is 2. The average Bonchev–Trinajstić information content (AvgIpc) is 2.28. The Bertz CT molecular complexity index is 287. The van der Waals surface area contributed by atoms with Crippen molar-refractivity contribution in [2.45, 2.75) is 20.3 Å². The summed E-state index contributed by atoms with van der Waals surface area (Å²) in [5, 5.41) is 2.25. The van der Waals surface area contributed by atoms with Gasteiger partial charge in [-0.25, -0.2) is 0 Å². The van der Waals surface area contributed by atoms with E-state index in [4.69, 9.17) is 0 Å². The minimum absolute atomic E-state index is 0.254. The molecule has 0 atom stereocenters. The van der Waals surface area contributed by atoms with Gasteiger partial charge < -0.3 is 0 Å². The number of allylic oxidation sites excluding steroid dienone is 1. The first kappa shape index (κ1) is 8.71. The Balaban J connectivity index is 3.09. The van der Waals surface area contributed by atoms with Gasteiger partial charge in [-0.1, -0.05) is 19.1 Å². The molecule has 0 aliphatic carbocycles. The Hall–Kier alpha value is -1.38. The van der Waals surface area contributed by atoms with Gasteiger partial charge in [-0.05, 0) is 13.3 Å². The number of hydrogen-bond donors (Lipinski definition) is 1. The van der Waals surface area contributed by atoms with E-state index in [1.54, 1.807) is 12.2 Å². The van der Waals surface area contributed by atoms with Crippen LogP contribution in [0.15, 0.2) is 23.3 Å². The normalized spacial score (nSPS) is 17.8. The van der Waals surface area contributed by atoms with Crippen LogP contribution in [0.25, 0.3) is 0 Å². The second kappa shape index (κ2) is 3.34. The molecule has 0 spiro atoms. The van der Waals surface area contributed by atoms with Crippen molar-refractivity contribution in [1.29, 1.82) is 0 Å². The van der Waals surface area contributed by atoms with Gasteiger partial charge in [0.2, 0.25) is 0 Å². The van der Waals surface area contributed by atoms with Gasteiger partial charge in [-0.3, -0.25) is 14.9 Å². The number of imide groups is 1. The Morgan fingerprint density at radius 2 is 2.00 bits per heavy atom. The van der Waals surface area contributed by atoms with E-state index in [0.717, 1.165) is 0 Å². The molecule has 1 heterocycles. The van der Waals surface area contributed by atoms with E-state index in [1.165, 1.54) is 0 Å². The van der Waals surface area contributed by atoms with Gasteiger partial charge in [-0.15, -0.1) is 0 Å². The molecular weight excluding hydrogens is 154 g/mol. The SMILES string of the molecule is C/C=C\C1=C(CC)C(=O)NC1=O. The molecule has 0 bridgehead atoms. The summed E-state index contributed by atoms with van der Waals surface area (Å²) in [5.41, 5.74) is 1.09. The van der Waals surface area contributed by atoms with E-state index in [1.807, 2.05) is 13.8 Å². The fraction of sp³-hybridized carbons (Fsp3) is 0.333. The van der Waals surface area contributed by atoms with Crippen LogP contribution in [-0.2, 0) is 9.59 Å². The van der Waals surface area contributed by atoms with E-state index in [0.29, 0.717) is 17.6 Å². The van der Waals surface area contributed by atoms with Crippen molar-refractivity contribution in [2.24, 2.45) is 0 Å². The van der Waals surface area contributed by atoms with Gasteiger partial charge in [0.1, 0.15) is 0 Å². The summed E-state index contributed by atoms with van der Waals surface area (Å²) in [7, 11) is 0. The molecule has 0 saturated heterocycles. The standard InChI is InChI=1S/C9H11NO2/c1-3-5-7-6(4-2)8(11)10-9(7)12/h3,5H,4H2,1-2H3,(H,10,11,12)/b5-3-. The third kappa shape index (κ3) is 1.30. The first-order valence-corrected chi connectivity index (χ1v) is 3.92. The van der Waals surface area contributed by atoms with Crippen LogP contribution in [0.3, 0.4) is 0 Å². The van der Waals surface area contributed by atoms with Crippen LogP contribution in [0.5, 0.6) is 0 Å². The maximum atomic E-state index is 11.1. The lowest BCUT2D eigenvalue weighted by Gasteiger charge is -1.91. The van der Waals surface area contributed by atoms with Crippen molar-refractivity contribution >= 4 is 11.8 Å². The number of carbonyl (C=O) groups is 2. The number of nitrogens with one attached hydrogen (secondary N) is 1. The fourth-order valence-corrected chi connectivity index (χ4v) is 1.20. The van der Waals surface area contributed by atoms with Crippen molar-refractivity contribution in [1.82, 2.24) is 5.32 Å². The molecule has 3 heteroatoms. The highest BCUT2D eigenvalue weighted by Gasteiger charge is 2.26. The van der Waals surface area contributed by atoms with Crippen LogP contribution in [0.1, 0.15) is 20.3 Å². The highest BCUT2D eigenvalue weighted by atomic mass is 16.2. The van der Waals surface area contributed by atoms with Crippen molar-refractivity contribution in [3.8, 4) is 0 Å². The second-order valence-electron chi connectivity index (χ2n) is 2.53. The lowest BCUT2D eigenvalue weighted by Crippen LogP contribution is -2.22. The molecular formula is C9H11NO2. The quantitative estimate of drug-likeness (QED) is 0.618. The molecule has 0 aromatic heterocycles. The summed E-state index contributed by atoms with van der Waals surface area (Å²) in [6.45, 7) is 3.67. The second-order valence-corrected chi connectivity index (χ2v) is 2.53. The first-order chi connectivity index (χ1) is 5.70. The van der Waals surface area contributed by atoms with Crippen LogP contribution in [0.4, 0.5) is 0 Å². The zero-order valence-corrected chi connectivity index (χ0v) is 7.18. The molecule has 64 valence electrons. The Morgan fingerprint density at radius 1 is 1.33 bits per heavy atom. The van der Waals surface area contributed by atoms with E-state index in [2.05, 4.69) is 5.32 Å². The predicted octanol–water partition coefficient (Wildman–Crippen LogP) is 0.925. The van der Waals surface area contributed by atoms with Gasteiger partial charge in [0, 0.05) is 11.1 Å². The zero-order valence-electron chi connectivity index (χ0n) is 7.18. The van der Waals surface area contributed by atoms with Crippen LogP contribution in [0, 0.1) is 0 Å². The minimum Gasteiger partial charge on any atom is -0.288 e. The van der Waals surface area contributed by atoms with Gasteiger partial charge in [-0.2, -0.15) is 0 Å². The van der Waals surface area contributed by atoms with E-state index in [-0.39, 0.29) is 11.8 Å². The summed E-state index contributed by atoms with van der Waals surface area (Å²) in [6, 6.07) is 0. The first-order valence-electron chi connectivity index (χ1n) is 3.92. The maximum Gasteiger partial charge on any atom is 0.258 e. The summed E-state index contributed by atoms with van der Waals surface area (Å²) >= 11 is 0. The molecule has 1 aliphatic rings. The topological polar surface area (TPSA) is 46.2 Å². The Labute approximate surface area is 71.1 Å². The van der Waals surface area contributed by atoms with Crippen LogP contribution in [0.2, 0.25) is 0 Å². The lowest BCUT2D eigenvalue weighted by molar-refractivity contribution is -0.124. The van der Waals surface area contributed by atoms with Gasteiger partial charge in [0.25, 0.3) is 11.8 Å². The molecule has 0 aromatic carbocycles. The van der Waals surface area contributed by atoms with Crippen molar-refractivity contribution < 1.29 is 9.59 Å². The third-order valence-corrected chi connectivity index (χ3v) is 1.76. The molecule has 0 saturated carbocycles. The van der Waals surface area contributed by atoms with Crippen LogP contribution in [-0.4, -0.2) is 11.8 Å². The summed E-state index contributed by atoms with van der Waals surface area (Å²) in [5.74, 6) is -0.537. The van der Waals surface area contributed by atoms with E-state index >= 15 is 0 Å². The van der Waals surface area contributed by atoms with Gasteiger partial charge in [0.05, 0.1) is 0 Å². The molecule has 0 aromatic rings. The number of rotatable bonds is 2. The molecule has 1 N–H and O–H groups in total. The van der Waals surface area contributed by atoms with Gasteiger partial charge >= 0.3 is 0 Å². The third-order valence-electron chi connectivity index (χ3n) is 1.76. The fourth-order valence-electron chi connectivity index (χ4n) is 1.20. The lowest BCUT2D eigenvalue weighted by atomic mass is 10.1. The van der Waals surface area contributed by atoms with Crippen LogP contribution >= 0.6 is 0 Å². The molecule has 12 heavy (non-hydrogen) atoms. The zero-order chi connectivity index (χ0) is 9.14. The average molecular weight is 165 g/mol. The summed E-state index contributed by atoms with van der Waals surface area (Å²) < 4.78 is 0. The van der Waals surface area contributed by atoms with Crippen molar-refractivity contribution in [3.63, 3.8) is 0 Å². The molecule has 2 amide bonds. The highest BCUT2D eigenvalue weighted by molar-refractivity contribution is 6.20. The molecule has 0 unspecified atom stereocenters. The summed E-state index contributed by atoms with van der Waals surface area (Å²) in [4.78, 5) is 22.2. The largest absolute Gasteiger partial charge is 0.288 e.